The number of aromatic nitrogens is 2. The standard InChI is InChI=1S/C18H19N5OS/c19-10-15-17(21-6-5-20-15)22-7-1-2-14(12-22)18(24)23-8-3-16-13(11-23)4-9-25-16/h4-6,9,14H,1-3,7-8,11-12H2. The molecule has 2 aromatic heterocycles. The molecule has 0 aliphatic carbocycles. The molecule has 1 fully saturated rings. The summed E-state index contributed by atoms with van der Waals surface area (Å²) in [5.41, 5.74) is 1.62. The van der Waals surface area contributed by atoms with Gasteiger partial charge in [-0.2, -0.15) is 5.26 Å². The van der Waals surface area contributed by atoms with Crippen LogP contribution < -0.4 is 4.90 Å². The Kier molecular flexibility index (Phi) is 4.36. The summed E-state index contributed by atoms with van der Waals surface area (Å²) in [6.45, 7) is 2.95. The van der Waals surface area contributed by atoms with Crippen molar-refractivity contribution in [3.8, 4) is 6.07 Å². The second-order valence-corrected chi connectivity index (χ2v) is 7.51. The third kappa shape index (κ3) is 3.10. The third-order valence-corrected chi connectivity index (χ3v) is 6.00. The van der Waals surface area contributed by atoms with Gasteiger partial charge in [0.15, 0.2) is 11.5 Å². The van der Waals surface area contributed by atoms with E-state index in [9.17, 15) is 10.1 Å². The summed E-state index contributed by atoms with van der Waals surface area (Å²) >= 11 is 1.78. The first-order chi connectivity index (χ1) is 12.3. The van der Waals surface area contributed by atoms with Crippen LogP contribution in [0.4, 0.5) is 5.82 Å². The van der Waals surface area contributed by atoms with Gasteiger partial charge in [-0.05, 0) is 36.3 Å². The van der Waals surface area contributed by atoms with Crippen LogP contribution in [0.2, 0.25) is 0 Å². The topological polar surface area (TPSA) is 73.1 Å². The SMILES string of the molecule is N#Cc1nccnc1N1CCCC(C(=O)N2CCc3sccc3C2)C1. The number of nitriles is 1. The van der Waals surface area contributed by atoms with Crippen LogP contribution in [0.5, 0.6) is 0 Å². The number of hydrogen-bond donors (Lipinski definition) is 0. The van der Waals surface area contributed by atoms with Gasteiger partial charge in [-0.1, -0.05) is 0 Å². The Hall–Kier alpha value is -2.46. The lowest BCUT2D eigenvalue weighted by molar-refractivity contribution is -0.136. The molecule has 0 spiro atoms. The van der Waals surface area contributed by atoms with Crippen molar-refractivity contribution in [1.82, 2.24) is 14.9 Å². The molecule has 0 N–H and O–H groups in total. The van der Waals surface area contributed by atoms with Crippen LogP contribution in [0.15, 0.2) is 23.8 Å². The lowest BCUT2D eigenvalue weighted by atomic mass is 9.95. The van der Waals surface area contributed by atoms with Crippen LogP contribution >= 0.6 is 11.3 Å². The maximum Gasteiger partial charge on any atom is 0.227 e. The molecule has 2 aromatic rings. The van der Waals surface area contributed by atoms with E-state index in [1.807, 2.05) is 9.80 Å². The molecule has 128 valence electrons. The number of amides is 1. The average Bonchev–Trinajstić information content (AvgIpc) is 3.15. The number of anilines is 1. The van der Waals surface area contributed by atoms with E-state index < -0.39 is 0 Å². The van der Waals surface area contributed by atoms with Crippen molar-refractivity contribution in [1.29, 1.82) is 5.26 Å². The minimum atomic E-state index is -0.0394. The van der Waals surface area contributed by atoms with Gasteiger partial charge in [0, 0.05) is 43.4 Å². The molecule has 0 aromatic carbocycles. The van der Waals surface area contributed by atoms with Crippen LogP contribution in [-0.2, 0) is 17.8 Å². The first-order valence-corrected chi connectivity index (χ1v) is 9.44. The van der Waals surface area contributed by atoms with Gasteiger partial charge in [-0.25, -0.2) is 9.97 Å². The van der Waals surface area contributed by atoms with Crippen molar-refractivity contribution in [3.63, 3.8) is 0 Å². The van der Waals surface area contributed by atoms with Gasteiger partial charge in [-0.3, -0.25) is 4.79 Å². The van der Waals surface area contributed by atoms with E-state index in [1.165, 1.54) is 16.6 Å². The van der Waals surface area contributed by atoms with E-state index in [0.717, 1.165) is 38.9 Å². The summed E-state index contributed by atoms with van der Waals surface area (Å²) in [6, 6.07) is 4.23. The van der Waals surface area contributed by atoms with E-state index in [2.05, 4.69) is 27.5 Å². The Morgan fingerprint density at radius 3 is 3.08 bits per heavy atom. The summed E-state index contributed by atoms with van der Waals surface area (Å²) in [5, 5.41) is 11.4. The number of thiophene rings is 1. The van der Waals surface area contributed by atoms with Crippen molar-refractivity contribution in [3.05, 3.63) is 40.0 Å². The highest BCUT2D eigenvalue weighted by Crippen LogP contribution is 2.28. The van der Waals surface area contributed by atoms with E-state index in [1.54, 1.807) is 17.5 Å². The predicted molar refractivity (Wildman–Crippen MR) is 95.1 cm³/mol. The van der Waals surface area contributed by atoms with Gasteiger partial charge >= 0.3 is 0 Å². The fraction of sp³-hybridized carbons (Fsp3) is 0.444. The fourth-order valence-electron chi connectivity index (χ4n) is 3.71. The van der Waals surface area contributed by atoms with Gasteiger partial charge in [0.05, 0.1) is 5.92 Å². The molecular formula is C18H19N5OS. The van der Waals surface area contributed by atoms with Crippen molar-refractivity contribution in [2.24, 2.45) is 5.92 Å². The molecule has 0 saturated carbocycles. The van der Waals surface area contributed by atoms with Crippen molar-refractivity contribution < 1.29 is 4.79 Å². The molecule has 1 unspecified atom stereocenters. The van der Waals surface area contributed by atoms with Crippen LogP contribution in [0.3, 0.4) is 0 Å². The zero-order chi connectivity index (χ0) is 17.2. The minimum absolute atomic E-state index is 0.0394. The Morgan fingerprint density at radius 2 is 2.20 bits per heavy atom. The normalized spacial score (nSPS) is 20.0. The zero-order valence-corrected chi connectivity index (χ0v) is 14.7. The van der Waals surface area contributed by atoms with Crippen LogP contribution in [0.25, 0.3) is 0 Å². The maximum absolute atomic E-state index is 13.0. The van der Waals surface area contributed by atoms with Crippen molar-refractivity contribution >= 4 is 23.1 Å². The molecular weight excluding hydrogens is 334 g/mol. The van der Waals surface area contributed by atoms with Gasteiger partial charge in [0.1, 0.15) is 6.07 Å². The van der Waals surface area contributed by atoms with Gasteiger partial charge in [0.2, 0.25) is 5.91 Å². The van der Waals surface area contributed by atoms with Crippen LogP contribution in [0.1, 0.15) is 29.0 Å². The first kappa shape index (κ1) is 16.0. The average molecular weight is 353 g/mol. The monoisotopic (exact) mass is 353 g/mol. The second-order valence-electron chi connectivity index (χ2n) is 6.50. The molecule has 4 rings (SSSR count). The lowest BCUT2D eigenvalue weighted by Gasteiger charge is -2.36. The fourth-order valence-corrected chi connectivity index (χ4v) is 4.60. The molecule has 0 bridgehead atoms. The number of piperidine rings is 1. The summed E-state index contributed by atoms with van der Waals surface area (Å²) in [4.78, 5) is 26.9. The number of fused-ring (bicyclic) bond motifs is 1. The highest BCUT2D eigenvalue weighted by Gasteiger charge is 2.32. The van der Waals surface area contributed by atoms with E-state index in [-0.39, 0.29) is 11.8 Å². The summed E-state index contributed by atoms with van der Waals surface area (Å²) in [5.74, 6) is 0.785. The molecule has 4 heterocycles. The quantitative estimate of drug-likeness (QED) is 0.828. The Balaban J connectivity index is 1.48. The van der Waals surface area contributed by atoms with Crippen LogP contribution in [-0.4, -0.2) is 40.4 Å². The molecule has 0 radical (unpaired) electrons. The van der Waals surface area contributed by atoms with Gasteiger partial charge in [0.25, 0.3) is 0 Å². The zero-order valence-electron chi connectivity index (χ0n) is 13.9. The Morgan fingerprint density at radius 1 is 1.32 bits per heavy atom. The first-order valence-electron chi connectivity index (χ1n) is 8.56. The highest BCUT2D eigenvalue weighted by molar-refractivity contribution is 7.10. The molecule has 1 amide bonds. The van der Waals surface area contributed by atoms with Crippen LogP contribution in [0, 0.1) is 17.2 Å². The molecule has 6 nitrogen and oxygen atoms in total. The second kappa shape index (κ2) is 6.81. The van der Waals surface area contributed by atoms with Gasteiger partial charge in [-0.15, -0.1) is 11.3 Å². The number of nitrogens with zero attached hydrogens (tertiary/aromatic N) is 5. The van der Waals surface area contributed by atoms with E-state index >= 15 is 0 Å². The molecule has 1 saturated heterocycles. The Bertz CT molecular complexity index is 827. The number of carbonyl (C=O) groups excluding carboxylic acids is 1. The maximum atomic E-state index is 13.0. The number of rotatable bonds is 2. The molecule has 25 heavy (non-hydrogen) atoms. The summed E-state index contributed by atoms with van der Waals surface area (Å²) < 4.78 is 0. The molecule has 2 aliphatic heterocycles. The largest absolute Gasteiger partial charge is 0.353 e. The van der Waals surface area contributed by atoms with Crippen molar-refractivity contribution in [2.45, 2.75) is 25.8 Å². The number of carbonyl (C=O) groups is 1. The van der Waals surface area contributed by atoms with E-state index in [0.29, 0.717) is 18.1 Å². The summed E-state index contributed by atoms with van der Waals surface area (Å²) in [6.07, 6.45) is 5.91. The Labute approximate surface area is 150 Å². The van der Waals surface area contributed by atoms with Gasteiger partial charge < -0.3 is 9.80 Å². The highest BCUT2D eigenvalue weighted by atomic mass is 32.1. The third-order valence-electron chi connectivity index (χ3n) is 4.97. The smallest absolute Gasteiger partial charge is 0.227 e. The summed E-state index contributed by atoms with van der Waals surface area (Å²) in [7, 11) is 0. The molecule has 2 aliphatic rings. The number of hydrogen-bond acceptors (Lipinski definition) is 6. The molecule has 7 heteroatoms. The van der Waals surface area contributed by atoms with Crippen molar-refractivity contribution in [2.75, 3.05) is 24.5 Å². The predicted octanol–water partition coefficient (Wildman–Crippen LogP) is 2.21. The lowest BCUT2D eigenvalue weighted by Crippen LogP contribution is -2.46. The van der Waals surface area contributed by atoms with E-state index in [4.69, 9.17) is 0 Å². The minimum Gasteiger partial charge on any atom is -0.353 e. The molecule has 1 atom stereocenters.